The van der Waals surface area contributed by atoms with Crippen LogP contribution >= 0.6 is 0 Å². The lowest BCUT2D eigenvalue weighted by molar-refractivity contribution is -0.384. The number of Topliss-reactive ketones (excluding diaryl/α,β-unsaturated/α-hetero) is 1. The van der Waals surface area contributed by atoms with Gasteiger partial charge in [-0.15, -0.1) is 0 Å². The van der Waals surface area contributed by atoms with Crippen molar-refractivity contribution in [1.29, 1.82) is 0 Å². The lowest BCUT2D eigenvalue weighted by Crippen LogP contribution is -2.41. The molecule has 0 fully saturated rings. The van der Waals surface area contributed by atoms with Crippen LogP contribution in [0.15, 0.2) is 65.1 Å². The maximum Gasteiger partial charge on any atom is 0.297 e. The molecule has 0 aliphatic carbocycles. The molecule has 3 rings (SSSR count). The van der Waals surface area contributed by atoms with E-state index in [-0.39, 0.29) is 27.8 Å². The van der Waals surface area contributed by atoms with Gasteiger partial charge >= 0.3 is 0 Å². The number of carbonyl (C=O) groups excluding carboxylic acids is 1. The number of hydrogen-bond donors (Lipinski definition) is 1. The van der Waals surface area contributed by atoms with Crippen molar-refractivity contribution < 1.29 is 36.9 Å². The number of rotatable bonds is 9. The highest BCUT2D eigenvalue weighted by molar-refractivity contribution is 7.86. The summed E-state index contributed by atoms with van der Waals surface area (Å²) in [7, 11) is -4.16. The fraction of sp³-hybridized carbons (Fsp3) is 0.348. The molecule has 0 aromatic heterocycles. The second-order valence-corrected chi connectivity index (χ2v) is 9.58. The van der Waals surface area contributed by atoms with Crippen LogP contribution in [0.5, 0.6) is 0 Å². The molecule has 0 unspecified atom stereocenters. The van der Waals surface area contributed by atoms with E-state index in [2.05, 4.69) is 0 Å². The minimum Gasteiger partial charge on any atom is -0.384 e. The Hall–Kier alpha value is -2.96. The Morgan fingerprint density at radius 2 is 1.74 bits per heavy atom. The highest BCUT2D eigenvalue weighted by atomic mass is 32.2. The molecule has 3 atom stereocenters. The van der Waals surface area contributed by atoms with Crippen LogP contribution in [0.1, 0.15) is 31.1 Å². The maximum absolute atomic E-state index is 13.1. The molecule has 0 radical (unpaired) electrons. The van der Waals surface area contributed by atoms with Crippen LogP contribution in [-0.4, -0.2) is 49.3 Å². The van der Waals surface area contributed by atoms with E-state index in [9.17, 15) is 28.4 Å². The van der Waals surface area contributed by atoms with Gasteiger partial charge < -0.3 is 14.6 Å². The summed E-state index contributed by atoms with van der Waals surface area (Å²) in [6, 6.07) is 11.1. The van der Waals surface area contributed by atoms with Gasteiger partial charge in [-0.3, -0.25) is 19.1 Å². The molecule has 1 aliphatic rings. The third-order valence-electron chi connectivity index (χ3n) is 5.00. The van der Waals surface area contributed by atoms with E-state index >= 15 is 0 Å². The van der Waals surface area contributed by atoms with Crippen LogP contribution in [0.3, 0.4) is 0 Å². The summed E-state index contributed by atoms with van der Waals surface area (Å²) >= 11 is 0. The SMILES string of the molecule is Cc1ccc(S(=O)(=O)OC[C@H]2O[C@H](OC(C)C)C=C([C@H](O)c3ccc([N+](=O)[O-])cc3)C2=O)cc1. The van der Waals surface area contributed by atoms with Gasteiger partial charge in [0.15, 0.2) is 12.1 Å². The van der Waals surface area contributed by atoms with Crippen molar-refractivity contribution in [1.82, 2.24) is 0 Å². The standard InChI is InChI=1S/C23H25NO9S/c1-14(2)32-21-12-19(22(25)16-6-8-17(9-7-16)24(27)28)23(26)20(33-21)13-31-34(29,30)18-10-4-15(3)5-11-18/h4-12,14,20-22,25H,13H2,1-3H3/t20-,21+,22-/m1/s1. The summed E-state index contributed by atoms with van der Waals surface area (Å²) in [6.07, 6.45) is -2.84. The zero-order valence-electron chi connectivity index (χ0n) is 18.8. The van der Waals surface area contributed by atoms with Crippen molar-refractivity contribution in [2.75, 3.05) is 6.61 Å². The number of nitro groups is 1. The monoisotopic (exact) mass is 491 g/mol. The first-order valence-corrected chi connectivity index (χ1v) is 11.8. The Kier molecular flexibility index (Phi) is 7.95. The molecule has 182 valence electrons. The van der Waals surface area contributed by atoms with Crippen LogP contribution in [0.25, 0.3) is 0 Å². The molecule has 0 saturated heterocycles. The van der Waals surface area contributed by atoms with Crippen LogP contribution in [0.4, 0.5) is 5.69 Å². The Bertz CT molecular complexity index is 1170. The van der Waals surface area contributed by atoms with Crippen molar-refractivity contribution in [3.05, 3.63) is 81.4 Å². The molecule has 11 heteroatoms. The number of nitrogens with zero attached hydrogens (tertiary/aromatic N) is 1. The highest BCUT2D eigenvalue weighted by Crippen LogP contribution is 2.30. The smallest absolute Gasteiger partial charge is 0.297 e. The van der Waals surface area contributed by atoms with Gasteiger partial charge in [0, 0.05) is 17.7 Å². The molecule has 0 amide bonds. The Balaban J connectivity index is 1.82. The number of carbonyl (C=O) groups is 1. The molecule has 0 spiro atoms. The van der Waals surface area contributed by atoms with Crippen molar-refractivity contribution >= 4 is 21.6 Å². The second-order valence-electron chi connectivity index (χ2n) is 7.97. The maximum atomic E-state index is 13.1. The first kappa shape index (κ1) is 25.7. The van der Waals surface area contributed by atoms with Crippen LogP contribution in [0, 0.1) is 17.0 Å². The number of hydrogen-bond acceptors (Lipinski definition) is 9. The Morgan fingerprint density at radius 1 is 1.12 bits per heavy atom. The number of nitro benzene ring substituents is 1. The average molecular weight is 492 g/mol. The van der Waals surface area contributed by atoms with Gasteiger partial charge in [0.2, 0.25) is 0 Å². The summed E-state index contributed by atoms with van der Waals surface area (Å²) in [5.74, 6) is -0.687. The van der Waals surface area contributed by atoms with Crippen molar-refractivity contribution in [3.8, 4) is 0 Å². The fourth-order valence-electron chi connectivity index (χ4n) is 3.24. The van der Waals surface area contributed by atoms with E-state index in [0.29, 0.717) is 0 Å². The molecular formula is C23H25NO9S. The van der Waals surface area contributed by atoms with E-state index in [1.165, 1.54) is 42.5 Å². The van der Waals surface area contributed by atoms with Crippen LogP contribution in [-0.2, 0) is 28.6 Å². The highest BCUT2D eigenvalue weighted by Gasteiger charge is 2.37. The topological polar surface area (TPSA) is 142 Å². The fourth-order valence-corrected chi connectivity index (χ4v) is 4.15. The van der Waals surface area contributed by atoms with E-state index in [4.69, 9.17) is 13.7 Å². The van der Waals surface area contributed by atoms with Gasteiger partial charge in [-0.2, -0.15) is 8.42 Å². The van der Waals surface area contributed by atoms with E-state index in [1.807, 2.05) is 6.92 Å². The minimum atomic E-state index is -4.16. The summed E-state index contributed by atoms with van der Waals surface area (Å²) in [6.45, 7) is 4.67. The zero-order valence-corrected chi connectivity index (χ0v) is 19.6. The van der Waals surface area contributed by atoms with Gasteiger partial charge in [0.05, 0.1) is 15.9 Å². The van der Waals surface area contributed by atoms with Crippen LogP contribution < -0.4 is 0 Å². The average Bonchev–Trinajstić information content (AvgIpc) is 2.78. The molecule has 2 aromatic rings. The lowest BCUT2D eigenvalue weighted by atomic mass is 9.93. The molecular weight excluding hydrogens is 466 g/mol. The summed E-state index contributed by atoms with van der Waals surface area (Å²) < 4.78 is 41.4. The lowest BCUT2D eigenvalue weighted by Gasteiger charge is -2.30. The van der Waals surface area contributed by atoms with Crippen LogP contribution in [0.2, 0.25) is 0 Å². The number of ether oxygens (including phenoxy) is 2. The third-order valence-corrected chi connectivity index (χ3v) is 6.29. The first-order chi connectivity index (χ1) is 16.0. The van der Waals surface area contributed by atoms with Gasteiger partial charge in [0.1, 0.15) is 18.8 Å². The molecule has 10 nitrogen and oxygen atoms in total. The van der Waals surface area contributed by atoms with Crippen molar-refractivity contribution in [2.45, 2.75) is 50.3 Å². The zero-order chi connectivity index (χ0) is 25.0. The van der Waals surface area contributed by atoms with Gasteiger partial charge in [-0.05, 0) is 56.7 Å². The second kappa shape index (κ2) is 10.5. The molecule has 34 heavy (non-hydrogen) atoms. The van der Waals surface area contributed by atoms with E-state index in [1.54, 1.807) is 26.0 Å². The predicted molar refractivity (Wildman–Crippen MR) is 120 cm³/mol. The van der Waals surface area contributed by atoms with Gasteiger partial charge in [-0.1, -0.05) is 17.7 Å². The Labute approximate surface area is 197 Å². The summed E-state index contributed by atoms with van der Waals surface area (Å²) in [4.78, 5) is 23.3. The number of non-ortho nitro benzene ring substituents is 1. The molecule has 1 aliphatic heterocycles. The van der Waals surface area contributed by atoms with Crippen molar-refractivity contribution in [2.24, 2.45) is 0 Å². The molecule has 0 saturated carbocycles. The van der Waals surface area contributed by atoms with Crippen molar-refractivity contribution in [3.63, 3.8) is 0 Å². The number of benzene rings is 2. The quantitative estimate of drug-likeness (QED) is 0.318. The number of aliphatic hydroxyl groups excluding tert-OH is 1. The summed E-state index contributed by atoms with van der Waals surface area (Å²) in [5.41, 5.74) is 0.847. The molecule has 1 N–H and O–H groups in total. The minimum absolute atomic E-state index is 0.0713. The number of aryl methyl sites for hydroxylation is 1. The summed E-state index contributed by atoms with van der Waals surface area (Å²) in [5, 5.41) is 21.7. The van der Waals surface area contributed by atoms with E-state index in [0.717, 1.165) is 5.56 Å². The van der Waals surface area contributed by atoms with Gasteiger partial charge in [-0.25, -0.2) is 0 Å². The molecule has 0 bridgehead atoms. The van der Waals surface area contributed by atoms with Gasteiger partial charge in [0.25, 0.3) is 15.8 Å². The predicted octanol–water partition coefficient (Wildman–Crippen LogP) is 2.99. The molecule has 1 heterocycles. The Morgan fingerprint density at radius 3 is 2.29 bits per heavy atom. The number of aliphatic hydroxyl groups is 1. The number of ketones is 1. The largest absolute Gasteiger partial charge is 0.384 e. The normalized spacial score (nSPS) is 19.7. The third kappa shape index (κ3) is 6.13. The van der Waals surface area contributed by atoms with E-state index < -0.39 is 45.9 Å². The molecule has 2 aromatic carbocycles. The first-order valence-electron chi connectivity index (χ1n) is 10.4.